The van der Waals surface area contributed by atoms with Crippen molar-refractivity contribution in [1.29, 1.82) is 0 Å². The highest BCUT2D eigenvalue weighted by Crippen LogP contribution is 2.27. The third-order valence-electron chi connectivity index (χ3n) is 2.23. The largest absolute Gasteiger partial charge is 0.439 e. The molecule has 0 bridgehead atoms. The van der Waals surface area contributed by atoms with E-state index in [1.807, 2.05) is 0 Å². The normalized spacial score (nSPS) is 19.9. The predicted octanol–water partition coefficient (Wildman–Crippen LogP) is 2.05. The van der Waals surface area contributed by atoms with Gasteiger partial charge < -0.3 is 10.1 Å². The standard InChI is InChI=1S/C10H9F2NO2/c1-5-2-6(11)9(7(12)3-5)8-4-13-10(14)15-8/h2-3,8H,4H2,1H3,(H,13,14). The van der Waals surface area contributed by atoms with Crippen molar-refractivity contribution in [3.63, 3.8) is 0 Å². The topological polar surface area (TPSA) is 38.3 Å². The average Bonchev–Trinajstić information content (AvgIpc) is 2.49. The van der Waals surface area contributed by atoms with Gasteiger partial charge in [0.15, 0.2) is 6.10 Å². The van der Waals surface area contributed by atoms with Crippen molar-refractivity contribution in [1.82, 2.24) is 5.32 Å². The summed E-state index contributed by atoms with van der Waals surface area (Å²) in [5.41, 5.74) is 0.296. The van der Waals surface area contributed by atoms with Crippen LogP contribution in [0, 0.1) is 18.6 Å². The second kappa shape index (κ2) is 3.49. The third-order valence-corrected chi connectivity index (χ3v) is 2.23. The Kier molecular flexibility index (Phi) is 2.30. The summed E-state index contributed by atoms with van der Waals surface area (Å²) in [5, 5.41) is 2.34. The van der Waals surface area contributed by atoms with Gasteiger partial charge in [-0.2, -0.15) is 0 Å². The quantitative estimate of drug-likeness (QED) is 0.775. The van der Waals surface area contributed by atoms with Crippen LogP contribution in [-0.2, 0) is 4.74 Å². The second-order valence-electron chi connectivity index (χ2n) is 3.42. The number of rotatable bonds is 1. The van der Waals surface area contributed by atoms with Gasteiger partial charge in [0.25, 0.3) is 0 Å². The maximum Gasteiger partial charge on any atom is 0.407 e. The number of carbonyl (C=O) groups is 1. The molecule has 0 aliphatic carbocycles. The van der Waals surface area contributed by atoms with E-state index >= 15 is 0 Å². The Bertz CT molecular complexity index is 397. The summed E-state index contributed by atoms with van der Waals surface area (Å²) in [6.45, 7) is 1.69. The lowest BCUT2D eigenvalue weighted by atomic mass is 10.1. The van der Waals surface area contributed by atoms with Crippen molar-refractivity contribution in [2.24, 2.45) is 0 Å². The molecule has 1 saturated heterocycles. The summed E-state index contributed by atoms with van der Waals surface area (Å²) < 4.78 is 31.6. The van der Waals surface area contributed by atoms with Gasteiger partial charge in [-0.3, -0.25) is 0 Å². The van der Waals surface area contributed by atoms with Crippen LogP contribution in [-0.4, -0.2) is 12.6 Å². The molecule has 1 aliphatic heterocycles. The van der Waals surface area contributed by atoms with Crippen molar-refractivity contribution < 1.29 is 18.3 Å². The molecular weight excluding hydrogens is 204 g/mol. The highest BCUT2D eigenvalue weighted by Gasteiger charge is 2.29. The van der Waals surface area contributed by atoms with Crippen molar-refractivity contribution >= 4 is 6.09 Å². The van der Waals surface area contributed by atoms with Gasteiger partial charge in [-0.15, -0.1) is 0 Å². The van der Waals surface area contributed by atoms with E-state index in [2.05, 4.69) is 5.32 Å². The first-order valence-corrected chi connectivity index (χ1v) is 4.48. The summed E-state index contributed by atoms with van der Waals surface area (Å²) in [6, 6.07) is 2.43. The molecule has 1 aliphatic rings. The van der Waals surface area contributed by atoms with Gasteiger partial charge in [-0.05, 0) is 24.6 Å². The fraction of sp³-hybridized carbons (Fsp3) is 0.300. The van der Waals surface area contributed by atoms with Crippen molar-refractivity contribution in [3.8, 4) is 0 Å². The van der Waals surface area contributed by atoms with E-state index in [9.17, 15) is 13.6 Å². The third kappa shape index (κ3) is 1.77. The van der Waals surface area contributed by atoms with Crippen LogP contribution in [0.2, 0.25) is 0 Å². The zero-order valence-electron chi connectivity index (χ0n) is 8.01. The van der Waals surface area contributed by atoms with Crippen LogP contribution in [0.1, 0.15) is 17.2 Å². The van der Waals surface area contributed by atoms with Crippen LogP contribution >= 0.6 is 0 Å². The van der Waals surface area contributed by atoms with E-state index in [0.717, 1.165) is 0 Å². The lowest BCUT2D eigenvalue weighted by Crippen LogP contribution is -2.13. The molecule has 1 aromatic carbocycles. The highest BCUT2D eigenvalue weighted by molar-refractivity contribution is 5.69. The molecule has 0 aromatic heterocycles. The molecule has 1 aromatic rings. The van der Waals surface area contributed by atoms with E-state index < -0.39 is 23.8 Å². The van der Waals surface area contributed by atoms with Crippen molar-refractivity contribution in [3.05, 3.63) is 34.9 Å². The minimum absolute atomic E-state index is 0.0930. The SMILES string of the molecule is Cc1cc(F)c(C2CNC(=O)O2)c(F)c1. The van der Waals surface area contributed by atoms with Crippen molar-refractivity contribution in [2.75, 3.05) is 6.54 Å². The Morgan fingerprint density at radius 3 is 2.47 bits per heavy atom. The first-order chi connectivity index (χ1) is 7.08. The first-order valence-electron chi connectivity index (χ1n) is 4.48. The van der Waals surface area contributed by atoms with Gasteiger partial charge in [0.05, 0.1) is 12.1 Å². The lowest BCUT2D eigenvalue weighted by molar-refractivity contribution is 0.137. The van der Waals surface area contributed by atoms with Crippen LogP contribution in [0.4, 0.5) is 13.6 Å². The van der Waals surface area contributed by atoms with Crippen LogP contribution in [0.3, 0.4) is 0 Å². The Morgan fingerprint density at radius 1 is 1.40 bits per heavy atom. The molecular formula is C10H9F2NO2. The second-order valence-corrected chi connectivity index (χ2v) is 3.42. The van der Waals surface area contributed by atoms with Crippen LogP contribution < -0.4 is 5.32 Å². The number of amides is 1. The Morgan fingerprint density at radius 2 is 2.00 bits per heavy atom. The lowest BCUT2D eigenvalue weighted by Gasteiger charge is -2.10. The number of aryl methyl sites for hydroxylation is 1. The van der Waals surface area contributed by atoms with E-state index in [1.165, 1.54) is 12.1 Å². The fourth-order valence-corrected chi connectivity index (χ4v) is 1.57. The van der Waals surface area contributed by atoms with E-state index in [4.69, 9.17) is 4.74 Å². The molecule has 1 N–H and O–H groups in total. The minimum Gasteiger partial charge on any atom is -0.439 e. The van der Waals surface area contributed by atoms with Gasteiger partial charge in [0.1, 0.15) is 11.6 Å². The smallest absolute Gasteiger partial charge is 0.407 e. The van der Waals surface area contributed by atoms with E-state index in [-0.39, 0.29) is 12.1 Å². The number of hydrogen-bond acceptors (Lipinski definition) is 2. The summed E-state index contributed by atoms with van der Waals surface area (Å²) in [4.78, 5) is 10.7. The van der Waals surface area contributed by atoms with Crippen LogP contribution in [0.25, 0.3) is 0 Å². The van der Waals surface area contributed by atoms with Gasteiger partial charge in [-0.1, -0.05) is 0 Å². The van der Waals surface area contributed by atoms with Gasteiger partial charge in [0.2, 0.25) is 0 Å². The maximum absolute atomic E-state index is 13.4. The first kappa shape index (κ1) is 9.89. The minimum atomic E-state index is -0.877. The fourth-order valence-electron chi connectivity index (χ4n) is 1.57. The number of cyclic esters (lactones) is 1. The van der Waals surface area contributed by atoms with E-state index in [1.54, 1.807) is 6.92 Å². The van der Waals surface area contributed by atoms with Crippen LogP contribution in [0.5, 0.6) is 0 Å². The molecule has 5 heteroatoms. The zero-order chi connectivity index (χ0) is 11.0. The molecule has 1 unspecified atom stereocenters. The molecule has 3 nitrogen and oxygen atoms in total. The molecule has 0 spiro atoms. The van der Waals surface area contributed by atoms with Gasteiger partial charge >= 0.3 is 6.09 Å². The average molecular weight is 213 g/mol. The van der Waals surface area contributed by atoms with Crippen LogP contribution in [0.15, 0.2) is 12.1 Å². The number of hydrogen-bond donors (Lipinski definition) is 1. The number of ether oxygens (including phenoxy) is 1. The molecule has 1 amide bonds. The van der Waals surface area contributed by atoms with Crippen molar-refractivity contribution in [2.45, 2.75) is 13.0 Å². The summed E-state index contributed by atoms with van der Waals surface area (Å²) in [6.07, 6.45) is -1.53. The zero-order valence-corrected chi connectivity index (χ0v) is 8.01. The maximum atomic E-state index is 13.4. The molecule has 1 atom stereocenters. The molecule has 80 valence electrons. The summed E-state index contributed by atoms with van der Waals surface area (Å²) in [7, 11) is 0. The Labute approximate surface area is 85.0 Å². The monoisotopic (exact) mass is 213 g/mol. The van der Waals surface area contributed by atoms with E-state index in [0.29, 0.717) is 5.56 Å². The highest BCUT2D eigenvalue weighted by atomic mass is 19.1. The molecule has 2 rings (SSSR count). The van der Waals surface area contributed by atoms with Gasteiger partial charge in [-0.25, -0.2) is 13.6 Å². The Balaban J connectivity index is 2.39. The molecule has 0 saturated carbocycles. The number of halogens is 2. The number of alkyl carbamates (subject to hydrolysis) is 1. The predicted molar refractivity (Wildman–Crippen MR) is 48.3 cm³/mol. The number of benzene rings is 1. The number of carbonyl (C=O) groups excluding carboxylic acids is 1. The summed E-state index contributed by atoms with van der Waals surface area (Å²) in [5.74, 6) is -1.37. The molecule has 15 heavy (non-hydrogen) atoms. The van der Waals surface area contributed by atoms with Gasteiger partial charge in [0, 0.05) is 0 Å². The molecule has 1 heterocycles. The molecule has 0 radical (unpaired) electrons. The Hall–Kier alpha value is -1.65. The number of nitrogens with one attached hydrogen (secondary N) is 1. The molecule has 1 fully saturated rings. The summed E-state index contributed by atoms with van der Waals surface area (Å²) >= 11 is 0.